The summed E-state index contributed by atoms with van der Waals surface area (Å²) in [4.78, 5) is 26.3. The number of methoxy groups -OCH3 is 1. The first-order valence-electron chi connectivity index (χ1n) is 6.48. The maximum absolute atomic E-state index is 12.3. The fourth-order valence-electron chi connectivity index (χ4n) is 2.82. The normalized spacial score (nSPS) is 30.9. The number of nitrogens with zero attached hydrogens (tertiary/aromatic N) is 2. The molecule has 0 saturated carbocycles. The Bertz CT molecular complexity index is 362. The summed E-state index contributed by atoms with van der Waals surface area (Å²) in [5, 5.41) is 18.6. The summed E-state index contributed by atoms with van der Waals surface area (Å²) < 4.78 is 5.07. The highest BCUT2D eigenvalue weighted by Crippen LogP contribution is 2.23. The van der Waals surface area contributed by atoms with Crippen LogP contribution in [0.3, 0.4) is 0 Å². The quantitative estimate of drug-likeness (QED) is 0.729. The number of ether oxygens (including phenoxy) is 1. The van der Waals surface area contributed by atoms with Gasteiger partial charge in [0.05, 0.1) is 12.7 Å². The van der Waals surface area contributed by atoms with Crippen molar-refractivity contribution in [3.63, 3.8) is 0 Å². The molecule has 0 spiro atoms. The summed E-state index contributed by atoms with van der Waals surface area (Å²) in [6.45, 7) is 1.91. The Morgan fingerprint density at radius 1 is 1.37 bits per heavy atom. The summed E-state index contributed by atoms with van der Waals surface area (Å²) in [6, 6.07) is -1.20. The van der Waals surface area contributed by atoms with Crippen molar-refractivity contribution in [2.45, 2.75) is 25.0 Å². The molecule has 0 aliphatic carbocycles. The minimum absolute atomic E-state index is 0.0985. The molecule has 2 aliphatic heterocycles. The molecule has 0 aromatic carbocycles. The molecule has 2 saturated heterocycles. The lowest BCUT2D eigenvalue weighted by molar-refractivity contribution is -0.141. The minimum atomic E-state index is -1.06. The predicted octanol–water partition coefficient (Wildman–Crippen LogP) is -0.405. The molecule has 2 aliphatic rings. The molecule has 2 rings (SSSR count). The Kier molecular flexibility index (Phi) is 4.26. The van der Waals surface area contributed by atoms with Crippen LogP contribution >= 0.6 is 0 Å². The van der Waals surface area contributed by atoms with Gasteiger partial charge in [-0.15, -0.1) is 0 Å². The summed E-state index contributed by atoms with van der Waals surface area (Å²) in [5.41, 5.74) is 0. The van der Waals surface area contributed by atoms with E-state index in [-0.39, 0.29) is 19.0 Å². The van der Waals surface area contributed by atoms with Crippen LogP contribution in [0.15, 0.2) is 0 Å². The molecule has 108 valence electrons. The van der Waals surface area contributed by atoms with Crippen molar-refractivity contribution < 1.29 is 24.5 Å². The van der Waals surface area contributed by atoms with Crippen LogP contribution in [0.4, 0.5) is 4.79 Å². The van der Waals surface area contributed by atoms with E-state index in [2.05, 4.69) is 0 Å². The topological polar surface area (TPSA) is 90.3 Å². The van der Waals surface area contributed by atoms with Crippen LogP contribution in [-0.2, 0) is 9.53 Å². The average Bonchev–Trinajstić information content (AvgIpc) is 2.95. The lowest BCUT2D eigenvalue weighted by atomic mass is 10.1. The van der Waals surface area contributed by atoms with E-state index in [1.807, 2.05) is 0 Å². The van der Waals surface area contributed by atoms with Crippen molar-refractivity contribution in [1.82, 2.24) is 9.80 Å². The first-order chi connectivity index (χ1) is 9.02. The molecule has 0 radical (unpaired) electrons. The maximum Gasteiger partial charge on any atom is 0.326 e. The summed E-state index contributed by atoms with van der Waals surface area (Å²) in [5.74, 6) is -0.748. The number of β-amino-alcohol motifs (C(OH)–C–C–N with tert-alkyl or cyclic N) is 1. The third kappa shape index (κ3) is 2.98. The van der Waals surface area contributed by atoms with E-state index in [0.29, 0.717) is 25.6 Å². The second-order valence-corrected chi connectivity index (χ2v) is 5.23. The molecule has 2 N–H and O–H groups in total. The predicted molar refractivity (Wildman–Crippen MR) is 65.7 cm³/mol. The van der Waals surface area contributed by atoms with Crippen molar-refractivity contribution in [3.05, 3.63) is 0 Å². The van der Waals surface area contributed by atoms with Gasteiger partial charge in [-0.25, -0.2) is 9.59 Å². The van der Waals surface area contributed by atoms with E-state index in [1.165, 1.54) is 4.90 Å². The van der Waals surface area contributed by atoms with Crippen LogP contribution in [0.5, 0.6) is 0 Å². The monoisotopic (exact) mass is 272 g/mol. The van der Waals surface area contributed by atoms with E-state index < -0.39 is 18.1 Å². The van der Waals surface area contributed by atoms with Gasteiger partial charge in [-0.3, -0.25) is 0 Å². The molecule has 1 unspecified atom stereocenters. The molecule has 2 fully saturated rings. The van der Waals surface area contributed by atoms with Crippen molar-refractivity contribution in [2.75, 3.05) is 33.4 Å². The van der Waals surface area contributed by atoms with Crippen molar-refractivity contribution in [1.29, 1.82) is 0 Å². The first-order valence-corrected chi connectivity index (χ1v) is 6.48. The van der Waals surface area contributed by atoms with Gasteiger partial charge in [0.2, 0.25) is 0 Å². The van der Waals surface area contributed by atoms with Crippen LogP contribution in [-0.4, -0.2) is 77.5 Å². The van der Waals surface area contributed by atoms with Crippen LogP contribution in [0.1, 0.15) is 12.8 Å². The Hall–Kier alpha value is -1.34. The fraction of sp³-hybridized carbons (Fsp3) is 0.833. The third-order valence-electron chi connectivity index (χ3n) is 3.77. The lowest BCUT2D eigenvalue weighted by Gasteiger charge is -2.27. The summed E-state index contributed by atoms with van der Waals surface area (Å²) in [6.07, 6.45) is 0.229. The SMILES string of the molecule is COCC1CCN(C(=O)N2C[C@H](O)C[C@H]2C(=O)O)C1. The largest absolute Gasteiger partial charge is 0.480 e. The molecule has 7 nitrogen and oxygen atoms in total. The number of amides is 2. The van der Waals surface area contributed by atoms with Gasteiger partial charge in [-0.1, -0.05) is 0 Å². The van der Waals surface area contributed by atoms with Crippen molar-refractivity contribution in [3.8, 4) is 0 Å². The molecule has 19 heavy (non-hydrogen) atoms. The van der Waals surface area contributed by atoms with E-state index in [9.17, 15) is 14.7 Å². The van der Waals surface area contributed by atoms with Crippen LogP contribution in [0.25, 0.3) is 0 Å². The van der Waals surface area contributed by atoms with E-state index in [4.69, 9.17) is 9.84 Å². The van der Waals surface area contributed by atoms with Gasteiger partial charge in [0.25, 0.3) is 0 Å². The molecule has 0 aromatic heterocycles. The molecule has 3 atom stereocenters. The number of urea groups is 1. The molecule has 0 bridgehead atoms. The number of carboxylic acids is 1. The van der Waals surface area contributed by atoms with Crippen LogP contribution in [0.2, 0.25) is 0 Å². The van der Waals surface area contributed by atoms with Gasteiger partial charge in [-0.05, 0) is 6.42 Å². The number of likely N-dealkylation sites (tertiary alicyclic amines) is 2. The number of carbonyl (C=O) groups is 2. The number of aliphatic carboxylic acids is 1. The summed E-state index contributed by atoms with van der Waals surface area (Å²) >= 11 is 0. The fourth-order valence-corrected chi connectivity index (χ4v) is 2.82. The van der Waals surface area contributed by atoms with Crippen LogP contribution < -0.4 is 0 Å². The van der Waals surface area contributed by atoms with Crippen molar-refractivity contribution in [2.24, 2.45) is 5.92 Å². The number of hydrogen-bond donors (Lipinski definition) is 2. The van der Waals surface area contributed by atoms with E-state index in [1.54, 1.807) is 12.0 Å². The number of aliphatic hydroxyl groups is 1. The van der Waals surface area contributed by atoms with Crippen LogP contribution in [0, 0.1) is 5.92 Å². The Morgan fingerprint density at radius 2 is 2.11 bits per heavy atom. The number of carbonyl (C=O) groups excluding carboxylic acids is 1. The highest BCUT2D eigenvalue weighted by atomic mass is 16.5. The first kappa shape index (κ1) is 14.1. The summed E-state index contributed by atoms with van der Waals surface area (Å²) in [7, 11) is 1.63. The zero-order valence-corrected chi connectivity index (χ0v) is 11.0. The maximum atomic E-state index is 12.3. The van der Waals surface area contributed by atoms with Gasteiger partial charge >= 0.3 is 12.0 Å². The number of aliphatic hydroxyl groups excluding tert-OH is 1. The third-order valence-corrected chi connectivity index (χ3v) is 3.77. The molecular formula is C12H20N2O5. The van der Waals surface area contributed by atoms with Crippen molar-refractivity contribution >= 4 is 12.0 Å². The zero-order valence-electron chi connectivity index (χ0n) is 11.0. The second-order valence-electron chi connectivity index (χ2n) is 5.23. The second kappa shape index (κ2) is 5.75. The van der Waals surface area contributed by atoms with Gasteiger partial charge < -0.3 is 24.7 Å². The Balaban J connectivity index is 1.97. The number of hydrogen-bond acceptors (Lipinski definition) is 4. The minimum Gasteiger partial charge on any atom is -0.480 e. The van der Waals surface area contributed by atoms with Gasteiger partial charge in [0, 0.05) is 39.1 Å². The molecular weight excluding hydrogens is 252 g/mol. The molecule has 2 amide bonds. The van der Waals surface area contributed by atoms with Gasteiger partial charge in [-0.2, -0.15) is 0 Å². The number of rotatable bonds is 3. The number of carboxylic acid groups (broad SMARTS) is 1. The Morgan fingerprint density at radius 3 is 2.74 bits per heavy atom. The van der Waals surface area contributed by atoms with E-state index in [0.717, 1.165) is 6.42 Å². The molecule has 2 heterocycles. The standard InChI is InChI=1S/C12H20N2O5/c1-19-7-8-2-3-13(5-8)12(18)14-6-9(15)4-10(14)11(16)17/h8-10,15H,2-7H2,1H3,(H,16,17)/t8?,9-,10+/m1/s1. The zero-order chi connectivity index (χ0) is 14.0. The van der Waals surface area contributed by atoms with E-state index >= 15 is 0 Å². The molecule has 0 aromatic rings. The highest BCUT2D eigenvalue weighted by molar-refractivity contribution is 5.83. The van der Waals surface area contributed by atoms with Gasteiger partial charge in [0.15, 0.2) is 0 Å². The smallest absolute Gasteiger partial charge is 0.326 e. The molecule has 7 heteroatoms. The lowest BCUT2D eigenvalue weighted by Crippen LogP contribution is -2.47. The highest BCUT2D eigenvalue weighted by Gasteiger charge is 2.41. The van der Waals surface area contributed by atoms with Gasteiger partial charge in [0.1, 0.15) is 6.04 Å². The Labute approximate surface area is 111 Å². The average molecular weight is 272 g/mol.